The third-order valence-electron chi connectivity index (χ3n) is 5.39. The molecule has 5 rings (SSSR count). The summed E-state index contributed by atoms with van der Waals surface area (Å²) in [6.45, 7) is 3.76. The minimum atomic E-state index is -0.675. The van der Waals surface area contributed by atoms with Crippen LogP contribution in [0.25, 0.3) is 22.3 Å². The number of aromatic nitrogens is 4. The Bertz CT molecular complexity index is 1380. The highest BCUT2D eigenvalue weighted by molar-refractivity contribution is 6.02. The number of benzene rings is 2. The third-order valence-corrected chi connectivity index (χ3v) is 5.39. The largest absolute Gasteiger partial charge is 0.372 e. The van der Waals surface area contributed by atoms with Crippen molar-refractivity contribution in [3.63, 3.8) is 0 Å². The van der Waals surface area contributed by atoms with Crippen LogP contribution in [0.15, 0.2) is 54.9 Å². The molecule has 0 saturated carbocycles. The second kappa shape index (κ2) is 8.81. The highest BCUT2D eigenvalue weighted by Crippen LogP contribution is 2.31. The van der Waals surface area contributed by atoms with E-state index in [-0.39, 0.29) is 24.3 Å². The van der Waals surface area contributed by atoms with E-state index in [2.05, 4.69) is 41.4 Å². The topological polar surface area (TPSA) is 137 Å². The molecule has 3 heterocycles. The fraction of sp³-hybridized carbons (Fsp3) is 0.208. The molecule has 34 heavy (non-hydrogen) atoms. The zero-order valence-electron chi connectivity index (χ0n) is 18.7. The number of anilines is 4. The Labute approximate surface area is 195 Å². The van der Waals surface area contributed by atoms with E-state index in [4.69, 9.17) is 0 Å². The minimum Gasteiger partial charge on any atom is -0.372 e. The molecule has 10 nitrogen and oxygen atoms in total. The molecule has 2 amide bonds. The van der Waals surface area contributed by atoms with E-state index in [0.717, 1.165) is 22.2 Å². The van der Waals surface area contributed by atoms with E-state index in [9.17, 15) is 9.59 Å². The summed E-state index contributed by atoms with van der Waals surface area (Å²) in [6, 6.07) is 12.4. The summed E-state index contributed by atoms with van der Waals surface area (Å²) in [5, 5.41) is 20.2. The van der Waals surface area contributed by atoms with Gasteiger partial charge in [-0.15, -0.1) is 0 Å². The molecule has 172 valence electrons. The van der Waals surface area contributed by atoms with Crippen LogP contribution >= 0.6 is 0 Å². The highest BCUT2D eigenvalue weighted by atomic mass is 16.2. The molecule has 2 aromatic carbocycles. The van der Waals surface area contributed by atoms with Crippen LogP contribution in [-0.2, 0) is 9.59 Å². The summed E-state index contributed by atoms with van der Waals surface area (Å²) >= 11 is 0. The first-order chi connectivity index (χ1) is 16.4. The predicted octanol–water partition coefficient (Wildman–Crippen LogP) is 3.41. The molecule has 1 atom stereocenters. The molecule has 0 saturated heterocycles. The Kier molecular flexibility index (Phi) is 5.54. The maximum absolute atomic E-state index is 12.6. The summed E-state index contributed by atoms with van der Waals surface area (Å²) in [4.78, 5) is 33.9. The Morgan fingerprint density at radius 3 is 2.85 bits per heavy atom. The molecule has 4 aromatic rings. The van der Waals surface area contributed by atoms with Gasteiger partial charge in [-0.3, -0.25) is 14.7 Å². The maximum Gasteiger partial charge on any atom is 0.243 e. The number of rotatable bonds is 5. The summed E-state index contributed by atoms with van der Waals surface area (Å²) in [5.74, 6) is 0.705. The quantitative estimate of drug-likeness (QED) is 0.310. The van der Waals surface area contributed by atoms with E-state index in [1.54, 1.807) is 24.5 Å². The van der Waals surface area contributed by atoms with Crippen molar-refractivity contribution in [2.24, 2.45) is 0 Å². The van der Waals surface area contributed by atoms with Crippen molar-refractivity contribution >= 4 is 45.6 Å². The van der Waals surface area contributed by atoms with Gasteiger partial charge in [0.2, 0.25) is 11.8 Å². The van der Waals surface area contributed by atoms with Gasteiger partial charge in [-0.2, -0.15) is 5.10 Å². The van der Waals surface area contributed by atoms with Crippen LogP contribution in [0.5, 0.6) is 0 Å². The predicted molar refractivity (Wildman–Crippen MR) is 131 cm³/mol. The van der Waals surface area contributed by atoms with Crippen LogP contribution in [0.4, 0.5) is 22.9 Å². The number of H-pyrrole nitrogens is 1. The SMILES string of the molecule is CC(C)NC(=O)C1CC(=O)Nc2ccc(-c3nccc(Nc4ccc5[nH]ncc5c4)n3)cc2N1. The van der Waals surface area contributed by atoms with Crippen molar-refractivity contribution in [1.29, 1.82) is 0 Å². The Balaban J connectivity index is 1.41. The molecule has 0 spiro atoms. The smallest absolute Gasteiger partial charge is 0.243 e. The van der Waals surface area contributed by atoms with Crippen LogP contribution in [0.2, 0.25) is 0 Å². The summed E-state index contributed by atoms with van der Waals surface area (Å²) in [5.41, 5.74) is 3.83. The van der Waals surface area contributed by atoms with Crippen LogP contribution < -0.4 is 21.3 Å². The van der Waals surface area contributed by atoms with E-state index >= 15 is 0 Å². The molecule has 0 fully saturated rings. The molecule has 5 N–H and O–H groups in total. The van der Waals surface area contributed by atoms with Gasteiger partial charge in [-0.05, 0) is 56.3 Å². The fourth-order valence-electron chi connectivity index (χ4n) is 3.82. The fourth-order valence-corrected chi connectivity index (χ4v) is 3.82. The normalized spacial score (nSPS) is 15.3. The lowest BCUT2D eigenvalue weighted by Crippen LogP contribution is -2.43. The standard InChI is InChI=1S/C24H24N8O2/c1-13(2)27-24(34)20-11-22(33)30-18-5-3-14(10-19(18)29-20)23-25-8-7-21(31-23)28-16-4-6-17-15(9-16)12-26-32-17/h3-10,12-13,20,29H,11H2,1-2H3,(H,26,32)(H,27,34)(H,30,33)(H,25,28,31). The van der Waals surface area contributed by atoms with Gasteiger partial charge in [0.15, 0.2) is 5.82 Å². The van der Waals surface area contributed by atoms with Crippen molar-refractivity contribution in [1.82, 2.24) is 25.5 Å². The second-order valence-corrected chi connectivity index (χ2v) is 8.44. The molecule has 10 heteroatoms. The molecular formula is C24H24N8O2. The lowest BCUT2D eigenvalue weighted by Gasteiger charge is -2.18. The number of aromatic amines is 1. The number of carbonyl (C=O) groups is 2. The Hall–Kier alpha value is -4.47. The van der Waals surface area contributed by atoms with E-state index in [1.165, 1.54) is 0 Å². The summed E-state index contributed by atoms with van der Waals surface area (Å²) in [7, 11) is 0. The molecule has 2 aromatic heterocycles. The molecule has 1 unspecified atom stereocenters. The van der Waals surface area contributed by atoms with E-state index < -0.39 is 6.04 Å². The average molecular weight is 457 g/mol. The molecule has 0 aliphatic carbocycles. The maximum atomic E-state index is 12.6. The number of fused-ring (bicyclic) bond motifs is 2. The summed E-state index contributed by atoms with van der Waals surface area (Å²) < 4.78 is 0. The van der Waals surface area contributed by atoms with Crippen LogP contribution in [0.3, 0.4) is 0 Å². The van der Waals surface area contributed by atoms with Crippen LogP contribution in [0.1, 0.15) is 20.3 Å². The molecule has 0 bridgehead atoms. The lowest BCUT2D eigenvalue weighted by molar-refractivity contribution is -0.125. The van der Waals surface area contributed by atoms with Gasteiger partial charge < -0.3 is 21.3 Å². The van der Waals surface area contributed by atoms with Gasteiger partial charge in [-0.25, -0.2) is 9.97 Å². The van der Waals surface area contributed by atoms with Crippen molar-refractivity contribution in [2.45, 2.75) is 32.4 Å². The number of hydrogen-bond acceptors (Lipinski definition) is 7. The first-order valence-electron chi connectivity index (χ1n) is 11.0. The number of nitrogens with one attached hydrogen (secondary N) is 5. The molecular weight excluding hydrogens is 432 g/mol. The van der Waals surface area contributed by atoms with Gasteiger partial charge in [0, 0.05) is 28.9 Å². The number of amides is 2. The van der Waals surface area contributed by atoms with Gasteiger partial charge in [0.05, 0.1) is 29.5 Å². The average Bonchev–Trinajstić information content (AvgIpc) is 3.20. The minimum absolute atomic E-state index is 0.0238. The van der Waals surface area contributed by atoms with Crippen molar-refractivity contribution < 1.29 is 9.59 Å². The first kappa shape index (κ1) is 21.4. The Morgan fingerprint density at radius 1 is 1.12 bits per heavy atom. The number of nitrogens with zero attached hydrogens (tertiary/aromatic N) is 3. The number of hydrogen-bond donors (Lipinski definition) is 5. The zero-order valence-corrected chi connectivity index (χ0v) is 18.7. The van der Waals surface area contributed by atoms with Crippen LogP contribution in [0, 0.1) is 0 Å². The second-order valence-electron chi connectivity index (χ2n) is 8.44. The molecule has 1 aliphatic rings. The summed E-state index contributed by atoms with van der Waals surface area (Å²) in [6.07, 6.45) is 3.49. The van der Waals surface area contributed by atoms with Crippen molar-refractivity contribution in [2.75, 3.05) is 16.0 Å². The molecule has 1 aliphatic heterocycles. The monoisotopic (exact) mass is 456 g/mol. The van der Waals surface area contributed by atoms with E-state index in [1.807, 2.05) is 44.2 Å². The number of carbonyl (C=O) groups excluding carboxylic acids is 2. The highest BCUT2D eigenvalue weighted by Gasteiger charge is 2.27. The van der Waals surface area contributed by atoms with Gasteiger partial charge >= 0.3 is 0 Å². The van der Waals surface area contributed by atoms with E-state index in [0.29, 0.717) is 23.0 Å². The zero-order chi connectivity index (χ0) is 23.7. The molecule has 0 radical (unpaired) electrons. The Morgan fingerprint density at radius 2 is 2.00 bits per heavy atom. The van der Waals surface area contributed by atoms with Gasteiger partial charge in [-0.1, -0.05) is 0 Å². The van der Waals surface area contributed by atoms with Gasteiger partial charge in [0.25, 0.3) is 0 Å². The van der Waals surface area contributed by atoms with Crippen molar-refractivity contribution in [3.05, 3.63) is 54.9 Å². The lowest BCUT2D eigenvalue weighted by atomic mass is 10.1. The van der Waals surface area contributed by atoms with Gasteiger partial charge in [0.1, 0.15) is 11.9 Å². The van der Waals surface area contributed by atoms with Crippen molar-refractivity contribution in [3.8, 4) is 11.4 Å². The van der Waals surface area contributed by atoms with Crippen LogP contribution in [-0.4, -0.2) is 44.1 Å². The third kappa shape index (κ3) is 4.51. The first-order valence-corrected chi connectivity index (χ1v) is 11.0.